The van der Waals surface area contributed by atoms with Crippen LogP contribution in [0.25, 0.3) is 0 Å². The summed E-state index contributed by atoms with van der Waals surface area (Å²) in [4.78, 5) is 46.2. The molecule has 0 aliphatic carbocycles. The zero-order valence-electron chi connectivity index (χ0n) is 11.7. The second-order valence-electron chi connectivity index (χ2n) is 4.79. The maximum Gasteiger partial charge on any atom is 0.326 e. The van der Waals surface area contributed by atoms with E-state index in [4.69, 9.17) is 10.2 Å². The molecular weight excluding hydrogens is 282 g/mol. The van der Waals surface area contributed by atoms with E-state index in [9.17, 15) is 19.2 Å². The SMILES string of the molecule is CC1C(=O)NCCN1C(=O)N[C@H](CCCC(=O)O)C(=O)O. The minimum atomic E-state index is -1.23. The fraction of sp³-hybridized carbons (Fsp3) is 0.667. The largest absolute Gasteiger partial charge is 0.481 e. The van der Waals surface area contributed by atoms with Crippen LogP contribution in [0.1, 0.15) is 26.2 Å². The third-order valence-electron chi connectivity index (χ3n) is 3.24. The highest BCUT2D eigenvalue weighted by Crippen LogP contribution is 2.07. The van der Waals surface area contributed by atoms with Gasteiger partial charge in [0.05, 0.1) is 0 Å². The van der Waals surface area contributed by atoms with E-state index >= 15 is 0 Å². The molecule has 1 rings (SSSR count). The van der Waals surface area contributed by atoms with Crippen LogP contribution in [-0.4, -0.2) is 64.2 Å². The van der Waals surface area contributed by atoms with E-state index in [0.29, 0.717) is 13.1 Å². The van der Waals surface area contributed by atoms with Gasteiger partial charge in [-0.25, -0.2) is 9.59 Å². The predicted molar refractivity (Wildman–Crippen MR) is 70.6 cm³/mol. The van der Waals surface area contributed by atoms with Gasteiger partial charge in [-0.1, -0.05) is 0 Å². The molecule has 1 fully saturated rings. The molecule has 21 heavy (non-hydrogen) atoms. The summed E-state index contributed by atoms with van der Waals surface area (Å²) in [7, 11) is 0. The third-order valence-corrected chi connectivity index (χ3v) is 3.24. The maximum atomic E-state index is 12.0. The molecule has 0 saturated carbocycles. The van der Waals surface area contributed by atoms with Gasteiger partial charge in [-0.15, -0.1) is 0 Å². The third kappa shape index (κ3) is 4.93. The molecule has 0 spiro atoms. The number of amides is 3. The first-order chi connectivity index (χ1) is 9.82. The van der Waals surface area contributed by atoms with E-state index in [0.717, 1.165) is 0 Å². The molecule has 0 bridgehead atoms. The molecule has 1 aliphatic heterocycles. The summed E-state index contributed by atoms with van der Waals surface area (Å²) in [5.41, 5.74) is 0. The molecule has 4 N–H and O–H groups in total. The van der Waals surface area contributed by atoms with Crippen molar-refractivity contribution in [3.05, 3.63) is 0 Å². The van der Waals surface area contributed by atoms with E-state index in [-0.39, 0.29) is 25.2 Å². The van der Waals surface area contributed by atoms with Gasteiger partial charge in [0.1, 0.15) is 12.1 Å². The number of carboxylic acid groups (broad SMARTS) is 2. The van der Waals surface area contributed by atoms with Gasteiger partial charge in [0.2, 0.25) is 5.91 Å². The van der Waals surface area contributed by atoms with Crippen molar-refractivity contribution in [2.24, 2.45) is 0 Å². The number of carbonyl (C=O) groups excluding carboxylic acids is 2. The van der Waals surface area contributed by atoms with Crippen molar-refractivity contribution >= 4 is 23.9 Å². The van der Waals surface area contributed by atoms with Crippen LogP contribution in [0.5, 0.6) is 0 Å². The average molecular weight is 301 g/mol. The van der Waals surface area contributed by atoms with E-state index < -0.39 is 30.1 Å². The van der Waals surface area contributed by atoms with Crippen molar-refractivity contribution in [2.45, 2.75) is 38.3 Å². The van der Waals surface area contributed by atoms with E-state index in [1.54, 1.807) is 6.92 Å². The summed E-state index contributed by atoms with van der Waals surface area (Å²) in [6.45, 7) is 2.15. The molecule has 0 radical (unpaired) electrons. The Morgan fingerprint density at radius 1 is 1.43 bits per heavy atom. The van der Waals surface area contributed by atoms with Gasteiger partial charge in [0.15, 0.2) is 0 Å². The van der Waals surface area contributed by atoms with Crippen molar-refractivity contribution in [3.8, 4) is 0 Å². The summed E-state index contributed by atoms with van der Waals surface area (Å²) in [5.74, 6) is -2.55. The average Bonchev–Trinajstić information content (AvgIpc) is 2.40. The van der Waals surface area contributed by atoms with Crippen molar-refractivity contribution < 1.29 is 29.4 Å². The van der Waals surface area contributed by atoms with E-state index in [1.165, 1.54) is 4.90 Å². The van der Waals surface area contributed by atoms with Crippen LogP contribution < -0.4 is 10.6 Å². The molecule has 3 amide bonds. The number of carboxylic acids is 2. The molecule has 9 nitrogen and oxygen atoms in total. The van der Waals surface area contributed by atoms with Gasteiger partial charge in [-0.3, -0.25) is 9.59 Å². The van der Waals surface area contributed by atoms with Crippen molar-refractivity contribution in [1.82, 2.24) is 15.5 Å². The van der Waals surface area contributed by atoms with Crippen molar-refractivity contribution in [1.29, 1.82) is 0 Å². The van der Waals surface area contributed by atoms with Gasteiger partial charge in [0, 0.05) is 19.5 Å². The zero-order valence-corrected chi connectivity index (χ0v) is 11.7. The van der Waals surface area contributed by atoms with Crippen LogP contribution in [0.4, 0.5) is 4.79 Å². The van der Waals surface area contributed by atoms with Gasteiger partial charge >= 0.3 is 18.0 Å². The summed E-state index contributed by atoms with van der Waals surface area (Å²) in [6, 6.07) is -2.48. The van der Waals surface area contributed by atoms with Crippen LogP contribution in [-0.2, 0) is 14.4 Å². The Balaban J connectivity index is 2.57. The number of rotatable bonds is 6. The Morgan fingerprint density at radius 3 is 2.67 bits per heavy atom. The van der Waals surface area contributed by atoms with Crippen LogP contribution in [0.3, 0.4) is 0 Å². The van der Waals surface area contributed by atoms with Gasteiger partial charge < -0.3 is 25.7 Å². The molecular formula is C12H19N3O6. The Bertz CT molecular complexity index is 439. The Hall–Kier alpha value is -2.32. The number of nitrogens with one attached hydrogen (secondary N) is 2. The van der Waals surface area contributed by atoms with E-state index in [1.807, 2.05) is 0 Å². The number of aliphatic carboxylic acids is 2. The van der Waals surface area contributed by atoms with Crippen LogP contribution in [0.2, 0.25) is 0 Å². The first kappa shape index (κ1) is 16.7. The first-order valence-electron chi connectivity index (χ1n) is 6.62. The predicted octanol–water partition coefficient (Wildman–Crippen LogP) is -0.776. The Morgan fingerprint density at radius 2 is 2.10 bits per heavy atom. The second kappa shape index (κ2) is 7.46. The van der Waals surface area contributed by atoms with Gasteiger partial charge in [-0.2, -0.15) is 0 Å². The van der Waals surface area contributed by atoms with E-state index in [2.05, 4.69) is 10.6 Å². The lowest BCUT2D eigenvalue weighted by molar-refractivity contribution is -0.140. The monoisotopic (exact) mass is 301 g/mol. The molecule has 0 aromatic heterocycles. The molecule has 1 saturated heterocycles. The van der Waals surface area contributed by atoms with Crippen LogP contribution >= 0.6 is 0 Å². The molecule has 0 aromatic carbocycles. The number of carbonyl (C=O) groups is 4. The molecule has 9 heteroatoms. The minimum Gasteiger partial charge on any atom is -0.481 e. The van der Waals surface area contributed by atoms with Crippen LogP contribution in [0.15, 0.2) is 0 Å². The molecule has 2 atom stereocenters. The summed E-state index contributed by atoms with van der Waals surface area (Å²) in [5, 5.41) is 22.5. The summed E-state index contributed by atoms with van der Waals surface area (Å²) < 4.78 is 0. The number of nitrogens with zero attached hydrogens (tertiary/aromatic N) is 1. The molecule has 118 valence electrons. The summed E-state index contributed by atoms with van der Waals surface area (Å²) in [6.07, 6.45) is -0.00736. The normalized spacial score (nSPS) is 19.6. The fourth-order valence-corrected chi connectivity index (χ4v) is 2.01. The molecule has 1 unspecified atom stereocenters. The molecule has 1 heterocycles. The number of hydrogen-bond acceptors (Lipinski definition) is 4. The lowest BCUT2D eigenvalue weighted by atomic mass is 10.1. The van der Waals surface area contributed by atoms with Gasteiger partial charge in [-0.05, 0) is 19.8 Å². The maximum absolute atomic E-state index is 12.0. The smallest absolute Gasteiger partial charge is 0.326 e. The number of piperazine rings is 1. The number of hydrogen-bond donors (Lipinski definition) is 4. The highest BCUT2D eigenvalue weighted by Gasteiger charge is 2.31. The van der Waals surface area contributed by atoms with Gasteiger partial charge in [0.25, 0.3) is 0 Å². The highest BCUT2D eigenvalue weighted by molar-refractivity contribution is 5.89. The van der Waals surface area contributed by atoms with Crippen LogP contribution in [0, 0.1) is 0 Å². The molecule has 0 aromatic rings. The zero-order chi connectivity index (χ0) is 16.0. The van der Waals surface area contributed by atoms with Crippen molar-refractivity contribution in [3.63, 3.8) is 0 Å². The first-order valence-corrected chi connectivity index (χ1v) is 6.62. The quantitative estimate of drug-likeness (QED) is 0.508. The lowest BCUT2D eigenvalue weighted by Gasteiger charge is -2.33. The standard InChI is InChI=1S/C12H19N3O6/c1-7-10(18)13-5-6-15(7)12(21)14-8(11(19)20)3-2-4-9(16)17/h7-8H,2-6H2,1H3,(H,13,18)(H,14,21)(H,16,17)(H,19,20)/t7?,8-/m1/s1. The Labute approximate surface area is 121 Å². The second-order valence-corrected chi connectivity index (χ2v) is 4.79. The lowest BCUT2D eigenvalue weighted by Crippen LogP contribution is -2.59. The van der Waals surface area contributed by atoms with Crippen molar-refractivity contribution in [2.75, 3.05) is 13.1 Å². The Kier molecular flexibility index (Phi) is 5.94. The minimum absolute atomic E-state index is 0.0157. The number of urea groups is 1. The topological polar surface area (TPSA) is 136 Å². The molecule has 1 aliphatic rings. The highest BCUT2D eigenvalue weighted by atomic mass is 16.4. The summed E-state index contributed by atoms with van der Waals surface area (Å²) >= 11 is 0. The fourth-order valence-electron chi connectivity index (χ4n) is 2.01.